The number of nitrogens with zero attached hydrogens (tertiary/aromatic N) is 5. The van der Waals surface area contributed by atoms with Gasteiger partial charge in [0, 0.05) is 17.9 Å². The quantitative estimate of drug-likeness (QED) is 0.0406. The largest absolute Gasteiger partial charge is 0.464 e. The molecule has 0 spiro atoms. The Bertz CT molecular complexity index is 2300. The molecule has 0 saturated carbocycles. The lowest BCUT2D eigenvalue weighted by molar-refractivity contribution is -0.0537. The Hall–Kier alpha value is -6.31. The number of hydrogen-bond acceptors (Lipinski definition) is 19. The smallest absolute Gasteiger partial charge is 0.359 e. The second-order valence-electron chi connectivity index (χ2n) is 14.2. The fourth-order valence-electron chi connectivity index (χ4n) is 7.04. The molecule has 24 heteroatoms. The lowest BCUT2D eigenvalue weighted by Crippen LogP contribution is -2.42. The van der Waals surface area contributed by atoms with Crippen LogP contribution in [0.2, 0.25) is 0 Å². The number of nitrogens with one attached hydrogen (secondary N) is 2. The van der Waals surface area contributed by atoms with Gasteiger partial charge in [0.25, 0.3) is 5.56 Å². The minimum absolute atomic E-state index is 0.125. The van der Waals surface area contributed by atoms with Gasteiger partial charge in [-0.3, -0.25) is 29.1 Å². The molecule has 2 fully saturated rings. The number of aliphatic hydroxyl groups is 4. The minimum atomic E-state index is -1.26. The molecule has 12 N–H and O–H groups in total. The number of esters is 3. The zero-order valence-electron chi connectivity index (χ0n) is 35.2. The summed E-state index contributed by atoms with van der Waals surface area (Å²) in [4.78, 5) is 75.6. The number of nitrogen functional groups attached to an aromatic ring is 1. The van der Waals surface area contributed by atoms with Crippen LogP contribution in [0.5, 0.6) is 0 Å². The lowest BCUT2D eigenvalue weighted by Gasteiger charge is -2.33. The first-order valence-corrected chi connectivity index (χ1v) is 18.9. The van der Waals surface area contributed by atoms with Crippen LogP contribution in [-0.4, -0.2) is 132 Å². The van der Waals surface area contributed by atoms with E-state index in [1.54, 1.807) is 31.2 Å². The Morgan fingerprint density at radius 1 is 0.903 bits per heavy atom. The number of imidazole rings is 2. The van der Waals surface area contributed by atoms with Crippen LogP contribution in [0.3, 0.4) is 0 Å². The van der Waals surface area contributed by atoms with Gasteiger partial charge in [-0.15, -0.1) is 0 Å². The number of H-pyrrole nitrogens is 1. The van der Waals surface area contributed by atoms with Gasteiger partial charge in [-0.25, -0.2) is 24.4 Å². The van der Waals surface area contributed by atoms with E-state index in [-0.39, 0.29) is 40.4 Å². The van der Waals surface area contributed by atoms with E-state index in [0.29, 0.717) is 18.4 Å². The second-order valence-corrected chi connectivity index (χ2v) is 14.2. The molecule has 0 radical (unpaired) electrons. The summed E-state index contributed by atoms with van der Waals surface area (Å²) in [6, 6.07) is 8.65. The van der Waals surface area contributed by atoms with Crippen molar-refractivity contribution in [1.29, 1.82) is 5.41 Å². The predicted molar refractivity (Wildman–Crippen MR) is 218 cm³/mol. The summed E-state index contributed by atoms with van der Waals surface area (Å²) in [5.74, 6) is -2.77. The third-order valence-corrected chi connectivity index (χ3v) is 10.6. The number of aliphatic hydroxyl groups excluding tert-OH is 4. The second kappa shape index (κ2) is 21.5. The summed E-state index contributed by atoms with van der Waals surface area (Å²) in [5, 5.41) is 42.6. The monoisotopic (exact) mass is 874 g/mol. The number of rotatable bonds is 10. The molecular weight excluding hydrogens is 820 g/mol. The molecule has 8 unspecified atom stereocenters. The number of fused-ring (bicyclic) bond motifs is 1. The maximum Gasteiger partial charge on any atom is 0.359 e. The van der Waals surface area contributed by atoms with Gasteiger partial charge in [0.2, 0.25) is 5.95 Å². The lowest BCUT2D eigenvalue weighted by atomic mass is 9.77. The van der Waals surface area contributed by atoms with Crippen LogP contribution in [0.25, 0.3) is 11.0 Å². The van der Waals surface area contributed by atoms with Crippen molar-refractivity contribution in [3.63, 3.8) is 0 Å². The Morgan fingerprint density at radius 3 is 2.00 bits per heavy atom. The van der Waals surface area contributed by atoms with E-state index in [9.17, 15) is 39.3 Å². The average molecular weight is 875 g/mol. The summed E-state index contributed by atoms with van der Waals surface area (Å²) in [7, 11) is 3.40. The van der Waals surface area contributed by atoms with Gasteiger partial charge in [0.05, 0.1) is 57.9 Å². The van der Waals surface area contributed by atoms with Crippen LogP contribution >= 0.6 is 0 Å². The van der Waals surface area contributed by atoms with Crippen LogP contribution in [0.4, 0.5) is 5.95 Å². The molecule has 340 valence electrons. The van der Waals surface area contributed by atoms with E-state index in [0.717, 1.165) is 13.4 Å². The topological polar surface area (TPSA) is 379 Å². The molecule has 2 saturated heterocycles. The van der Waals surface area contributed by atoms with Gasteiger partial charge in [-0.2, -0.15) is 4.98 Å². The van der Waals surface area contributed by atoms with Gasteiger partial charge in [0.1, 0.15) is 11.6 Å². The van der Waals surface area contributed by atoms with Gasteiger partial charge in [-0.1, -0.05) is 45.9 Å². The van der Waals surface area contributed by atoms with Gasteiger partial charge >= 0.3 is 23.5 Å². The Balaban J connectivity index is 0.000000302. The highest BCUT2D eigenvalue weighted by atomic mass is 16.6. The minimum Gasteiger partial charge on any atom is -0.464 e. The van der Waals surface area contributed by atoms with E-state index < -0.39 is 83.8 Å². The molecule has 8 atom stereocenters. The van der Waals surface area contributed by atoms with Crippen molar-refractivity contribution in [3.8, 4) is 0 Å². The van der Waals surface area contributed by atoms with E-state index >= 15 is 0 Å². The molecule has 0 amide bonds. The highest BCUT2D eigenvalue weighted by Gasteiger charge is 2.56. The van der Waals surface area contributed by atoms with Crippen LogP contribution in [-0.2, 0) is 23.7 Å². The molecule has 2 aliphatic rings. The number of guanidine groups is 1. The third-order valence-electron chi connectivity index (χ3n) is 10.6. The van der Waals surface area contributed by atoms with E-state index in [1.807, 2.05) is 26.8 Å². The number of hydrogen-bond donors (Lipinski definition) is 9. The van der Waals surface area contributed by atoms with Crippen molar-refractivity contribution in [2.24, 2.45) is 22.3 Å². The van der Waals surface area contributed by atoms with Crippen LogP contribution < -0.4 is 28.3 Å². The van der Waals surface area contributed by atoms with Gasteiger partial charge in [0.15, 0.2) is 41.4 Å². The van der Waals surface area contributed by atoms with Crippen molar-refractivity contribution in [2.75, 3.05) is 40.3 Å². The van der Waals surface area contributed by atoms with Gasteiger partial charge < -0.3 is 61.3 Å². The maximum atomic E-state index is 12.9. The zero-order valence-corrected chi connectivity index (χ0v) is 35.2. The molecule has 0 bridgehead atoms. The third kappa shape index (κ3) is 10.1. The predicted octanol–water partition coefficient (Wildman–Crippen LogP) is -0.836. The van der Waals surface area contributed by atoms with Crippen LogP contribution in [0.1, 0.15) is 84.3 Å². The average Bonchev–Trinajstić information content (AvgIpc) is 4.01. The van der Waals surface area contributed by atoms with Gasteiger partial charge in [-0.05, 0) is 25.0 Å². The first-order valence-electron chi connectivity index (χ1n) is 18.9. The van der Waals surface area contributed by atoms with Crippen molar-refractivity contribution >= 4 is 40.8 Å². The molecule has 2 aliphatic heterocycles. The zero-order chi connectivity index (χ0) is 46.7. The fourth-order valence-corrected chi connectivity index (χ4v) is 7.04. The van der Waals surface area contributed by atoms with Crippen LogP contribution in [0.15, 0.2) is 52.6 Å². The molecule has 0 aliphatic carbocycles. The van der Waals surface area contributed by atoms with Crippen molar-refractivity contribution < 1.29 is 58.5 Å². The molecule has 3 aromatic heterocycles. The van der Waals surface area contributed by atoms with E-state index in [1.165, 1.54) is 29.7 Å². The molecule has 4 aromatic rings. The molecule has 5 heterocycles. The standard InChI is InChI=1S/C23H28N2O7.C13H17N5O6.CH5N3.CH4O/c1-6-15-23(3,7-2)18(32-20(26)14-11-9-8-10-12-14)19(31-15)25-13-24-16(21(27)29-4)17(25)22(28)30-5;1-13(3-20)5(2-19)24-11(8(13)21)18-4-15-6-7(18)10(23)17-12(14)16-9(6)22;2-1(3)4;1-2/h8-13,15,18-19H,6-7H2,1-5H3;4-5,8,11,19-21H,2-3H2,1H3,(H3,14,16,17,22,23);(H5,2,3,4);2H,1H3. The summed E-state index contributed by atoms with van der Waals surface area (Å²) in [5.41, 5.74) is 10.8. The highest BCUT2D eigenvalue weighted by molar-refractivity contribution is 6.00. The number of aromatic nitrogens is 6. The number of ether oxygens (including phenoxy) is 5. The number of anilines is 1. The number of carbonyl (C=O) groups is 3. The molecular formula is C38H54N10O14. The van der Waals surface area contributed by atoms with E-state index in [4.69, 9.17) is 39.9 Å². The molecule has 6 rings (SSSR count). The SMILES string of the molecule is CC1(CO)C(CO)OC(n2cnc3c(=O)nc(N)[nH]c(=O)c32)C1O.CCC1OC(n2cnc(C(=O)OC)c2C(=O)OC)C(OC(=O)c2ccccc2)C1(C)CC.CO.N=C(N)N. The normalized spacial score (nSPS) is 24.9. The number of aromatic amines is 1. The van der Waals surface area contributed by atoms with E-state index in [2.05, 4.69) is 31.4 Å². The number of nitrogens with two attached hydrogens (primary N) is 3. The number of benzene rings is 1. The Labute approximate surface area is 354 Å². The fraction of sp³-hybridized carbons (Fsp3) is 0.500. The maximum absolute atomic E-state index is 12.9. The van der Waals surface area contributed by atoms with Crippen molar-refractivity contribution in [1.82, 2.24) is 29.1 Å². The number of carbonyl (C=O) groups excluding carboxylic acids is 3. The van der Waals surface area contributed by atoms with Crippen LogP contribution in [0, 0.1) is 16.2 Å². The highest BCUT2D eigenvalue weighted by Crippen LogP contribution is 2.49. The Kier molecular flexibility index (Phi) is 17.3. The molecule has 62 heavy (non-hydrogen) atoms. The summed E-state index contributed by atoms with van der Waals surface area (Å²) in [6.45, 7) is 6.61. The Morgan fingerprint density at radius 2 is 1.48 bits per heavy atom. The summed E-state index contributed by atoms with van der Waals surface area (Å²) >= 11 is 0. The van der Waals surface area contributed by atoms with Crippen molar-refractivity contribution in [3.05, 3.63) is 80.6 Å². The first kappa shape index (κ1) is 50.0. The first-order chi connectivity index (χ1) is 29.4. The summed E-state index contributed by atoms with van der Waals surface area (Å²) in [6.07, 6.45) is -1.40. The summed E-state index contributed by atoms with van der Waals surface area (Å²) < 4.78 is 30.1. The van der Waals surface area contributed by atoms with Crippen molar-refractivity contribution in [2.45, 2.75) is 77.4 Å². The molecule has 24 nitrogen and oxygen atoms in total. The molecule has 1 aromatic carbocycles. The number of methoxy groups -OCH3 is 2.